The predicted molar refractivity (Wildman–Crippen MR) is 89.3 cm³/mol. The minimum absolute atomic E-state index is 0.475. The maximum Gasteiger partial charge on any atom is 0.150 e. The molecule has 0 aliphatic carbocycles. The number of rotatable bonds is 7. The van der Waals surface area contributed by atoms with E-state index in [1.54, 1.807) is 24.3 Å². The molecule has 0 bridgehead atoms. The van der Waals surface area contributed by atoms with Crippen LogP contribution in [-0.4, -0.2) is 17.5 Å². The van der Waals surface area contributed by atoms with Gasteiger partial charge in [-0.3, -0.25) is 4.79 Å². The van der Waals surface area contributed by atoms with Crippen LogP contribution in [0.1, 0.15) is 38.1 Å². The molecule has 0 aromatic heterocycles. The van der Waals surface area contributed by atoms with Crippen LogP contribution in [0.15, 0.2) is 41.9 Å². The highest BCUT2D eigenvalue weighted by molar-refractivity contribution is 9.10. The number of carbonyl (C=O) groups excluding carboxylic acids is 1. The zero-order valence-corrected chi connectivity index (χ0v) is 14.5. The molecule has 1 rings (SSSR count). The average molecular weight is 353 g/mol. The molecule has 3 nitrogen and oxygen atoms in total. The summed E-state index contributed by atoms with van der Waals surface area (Å²) in [5, 5.41) is 0. The van der Waals surface area contributed by atoms with Crippen molar-refractivity contribution in [2.75, 3.05) is 0 Å². The molecule has 0 spiro atoms. The van der Waals surface area contributed by atoms with E-state index in [-0.39, 0.29) is 0 Å². The van der Waals surface area contributed by atoms with Crippen molar-refractivity contribution in [1.29, 1.82) is 0 Å². The Morgan fingerprint density at radius 2 is 1.38 bits per heavy atom. The van der Waals surface area contributed by atoms with Crippen molar-refractivity contribution in [3.05, 3.63) is 47.5 Å². The van der Waals surface area contributed by atoms with Gasteiger partial charge in [-0.1, -0.05) is 13.2 Å². The number of carbonyl (C=O) groups is 1. The molecule has 0 N–H and O–H groups in total. The molecule has 114 valence electrons. The smallest absolute Gasteiger partial charge is 0.150 e. The fourth-order valence-electron chi connectivity index (χ4n) is 1.46. The third-order valence-electron chi connectivity index (χ3n) is 2.89. The third-order valence-corrected chi connectivity index (χ3v) is 3.68. The summed E-state index contributed by atoms with van der Waals surface area (Å²) in [6.45, 7) is 15.0. The second-order valence-corrected chi connectivity index (χ2v) is 6.56. The molecule has 0 unspecified atom stereocenters. The van der Waals surface area contributed by atoms with Crippen LogP contribution in [0.4, 0.5) is 0 Å². The van der Waals surface area contributed by atoms with Crippen molar-refractivity contribution < 1.29 is 14.3 Å². The van der Waals surface area contributed by atoms with Crippen LogP contribution < -0.4 is 9.47 Å². The van der Waals surface area contributed by atoms with Gasteiger partial charge in [0.15, 0.2) is 0 Å². The van der Waals surface area contributed by atoms with Gasteiger partial charge in [0.05, 0.1) is 0 Å². The zero-order chi connectivity index (χ0) is 16.3. The molecule has 0 radical (unpaired) electrons. The molecule has 4 heteroatoms. The molecule has 1 aromatic rings. The van der Waals surface area contributed by atoms with Crippen molar-refractivity contribution in [2.24, 2.45) is 0 Å². The van der Waals surface area contributed by atoms with Crippen molar-refractivity contribution in [1.82, 2.24) is 0 Å². The summed E-state index contributed by atoms with van der Waals surface area (Å²) in [6, 6.07) is 3.33. The maximum atomic E-state index is 11.1. The number of hydrogen-bond acceptors (Lipinski definition) is 3. The highest BCUT2D eigenvalue weighted by Crippen LogP contribution is 2.39. The number of aldehydes is 1. The number of hydrogen-bond donors (Lipinski definition) is 0. The minimum Gasteiger partial charge on any atom is -0.482 e. The molecule has 0 saturated heterocycles. The first-order chi connectivity index (χ1) is 9.64. The monoisotopic (exact) mass is 352 g/mol. The first-order valence-electron chi connectivity index (χ1n) is 6.58. The SMILES string of the molecule is C=CC(C)(C)Oc1cc(C=O)cc(OC(C)(C)C=C)c1Br. The molecule has 0 saturated carbocycles. The highest BCUT2D eigenvalue weighted by Gasteiger charge is 2.22. The third kappa shape index (κ3) is 4.74. The van der Waals surface area contributed by atoms with Crippen LogP contribution in [0.3, 0.4) is 0 Å². The van der Waals surface area contributed by atoms with Gasteiger partial charge in [0.1, 0.15) is 33.5 Å². The Hall–Kier alpha value is -1.55. The molecule has 1 aromatic carbocycles. The van der Waals surface area contributed by atoms with Crippen molar-refractivity contribution in [2.45, 2.75) is 38.9 Å². The Labute approximate surface area is 134 Å². The van der Waals surface area contributed by atoms with Crippen LogP contribution in [-0.2, 0) is 0 Å². The fraction of sp³-hybridized carbons (Fsp3) is 0.353. The van der Waals surface area contributed by atoms with Crippen molar-refractivity contribution >= 4 is 22.2 Å². The van der Waals surface area contributed by atoms with Gasteiger partial charge in [-0.05, 0) is 67.9 Å². The molecule has 0 heterocycles. The number of benzene rings is 1. The summed E-state index contributed by atoms with van der Waals surface area (Å²) in [7, 11) is 0. The minimum atomic E-state index is -0.560. The van der Waals surface area contributed by atoms with Gasteiger partial charge >= 0.3 is 0 Å². The van der Waals surface area contributed by atoms with E-state index in [2.05, 4.69) is 29.1 Å². The molecule has 0 amide bonds. The second-order valence-electron chi connectivity index (χ2n) is 5.77. The summed E-state index contributed by atoms with van der Waals surface area (Å²) in [5.74, 6) is 1.05. The van der Waals surface area contributed by atoms with Crippen molar-refractivity contribution in [3.63, 3.8) is 0 Å². The molecule has 0 aliphatic heterocycles. The first-order valence-corrected chi connectivity index (χ1v) is 7.37. The van der Waals surface area contributed by atoms with Gasteiger partial charge in [0.2, 0.25) is 0 Å². The van der Waals surface area contributed by atoms with E-state index in [4.69, 9.17) is 9.47 Å². The summed E-state index contributed by atoms with van der Waals surface area (Å²) >= 11 is 3.47. The lowest BCUT2D eigenvalue weighted by molar-refractivity contribution is 0.111. The summed E-state index contributed by atoms with van der Waals surface area (Å²) < 4.78 is 12.4. The van der Waals surface area contributed by atoms with Crippen LogP contribution in [0.25, 0.3) is 0 Å². The van der Waals surface area contributed by atoms with E-state index in [0.717, 1.165) is 6.29 Å². The van der Waals surface area contributed by atoms with Crippen LogP contribution in [0.2, 0.25) is 0 Å². The Kier molecular flexibility index (Phi) is 5.40. The molecular formula is C17H21BrO3. The Morgan fingerprint density at radius 1 is 1.00 bits per heavy atom. The van der Waals surface area contributed by atoms with Crippen LogP contribution in [0.5, 0.6) is 11.5 Å². The van der Waals surface area contributed by atoms with Gasteiger partial charge in [0.25, 0.3) is 0 Å². The van der Waals surface area contributed by atoms with Crippen LogP contribution >= 0.6 is 15.9 Å². The largest absolute Gasteiger partial charge is 0.482 e. The van der Waals surface area contributed by atoms with E-state index < -0.39 is 11.2 Å². The van der Waals surface area contributed by atoms with Gasteiger partial charge in [-0.2, -0.15) is 0 Å². The lowest BCUT2D eigenvalue weighted by Crippen LogP contribution is -2.26. The topological polar surface area (TPSA) is 35.5 Å². The van der Waals surface area contributed by atoms with E-state index >= 15 is 0 Å². The van der Waals surface area contributed by atoms with E-state index in [0.29, 0.717) is 21.5 Å². The molecule has 0 atom stereocenters. The van der Waals surface area contributed by atoms with Gasteiger partial charge in [0, 0.05) is 5.56 Å². The number of ether oxygens (including phenoxy) is 2. The lowest BCUT2D eigenvalue weighted by atomic mass is 10.1. The lowest BCUT2D eigenvalue weighted by Gasteiger charge is -2.27. The van der Waals surface area contributed by atoms with Gasteiger partial charge in [-0.25, -0.2) is 0 Å². The van der Waals surface area contributed by atoms with E-state index in [1.807, 2.05) is 27.7 Å². The molecule has 0 fully saturated rings. The fourth-order valence-corrected chi connectivity index (χ4v) is 1.85. The standard InChI is InChI=1S/C17H21BrO3/c1-7-16(3,4)20-13-9-12(11-19)10-14(15(13)18)21-17(5,6)8-2/h7-11H,1-2H2,3-6H3. The van der Waals surface area contributed by atoms with Crippen LogP contribution in [0, 0.1) is 0 Å². The van der Waals surface area contributed by atoms with E-state index in [9.17, 15) is 4.79 Å². The predicted octanol–water partition coefficient (Wildman–Crippen LogP) is 4.95. The average Bonchev–Trinajstić information content (AvgIpc) is 2.42. The van der Waals surface area contributed by atoms with E-state index in [1.165, 1.54) is 0 Å². The van der Waals surface area contributed by atoms with Gasteiger partial charge < -0.3 is 9.47 Å². The maximum absolute atomic E-state index is 11.1. The Balaban J connectivity index is 3.30. The Morgan fingerprint density at radius 3 is 1.67 bits per heavy atom. The number of halogens is 1. The molecule has 21 heavy (non-hydrogen) atoms. The van der Waals surface area contributed by atoms with Gasteiger partial charge in [-0.15, -0.1) is 0 Å². The molecule has 0 aliphatic rings. The molecular weight excluding hydrogens is 332 g/mol. The second kappa shape index (κ2) is 6.48. The highest BCUT2D eigenvalue weighted by atomic mass is 79.9. The quantitative estimate of drug-likeness (QED) is 0.514. The first kappa shape index (κ1) is 17.5. The Bertz CT molecular complexity index is 516. The normalized spacial score (nSPS) is 11.7. The zero-order valence-electron chi connectivity index (χ0n) is 12.9. The summed E-state index contributed by atoms with van der Waals surface area (Å²) in [6.07, 6.45) is 4.15. The summed E-state index contributed by atoms with van der Waals surface area (Å²) in [4.78, 5) is 11.1. The summed E-state index contributed by atoms with van der Waals surface area (Å²) in [5.41, 5.74) is -0.646. The van der Waals surface area contributed by atoms with Crippen molar-refractivity contribution in [3.8, 4) is 11.5 Å².